The molecule has 7 N–H and O–H groups in total. The summed E-state index contributed by atoms with van der Waals surface area (Å²) in [7, 11) is 0. The zero-order valence-electron chi connectivity index (χ0n) is 36.5. The number of aliphatic imine (C=N–C) groups is 1. The van der Waals surface area contributed by atoms with E-state index in [4.69, 9.17) is 20.2 Å². The third-order valence-corrected chi connectivity index (χ3v) is 16.4. The van der Waals surface area contributed by atoms with Gasteiger partial charge in [0.1, 0.15) is 23.7 Å². The van der Waals surface area contributed by atoms with Crippen molar-refractivity contribution in [1.82, 2.24) is 10.2 Å². The highest BCUT2D eigenvalue weighted by Crippen LogP contribution is 2.53. The number of hydrogen-bond acceptors (Lipinski definition) is 11. The molecule has 5 aliphatic heterocycles. The van der Waals surface area contributed by atoms with Crippen LogP contribution in [0.4, 0.5) is 0 Å². The first-order valence-electron chi connectivity index (χ1n) is 24.0. The molecule has 2 saturated carbocycles. The molecule has 4 aliphatic carbocycles. The first kappa shape index (κ1) is 41.8. The smallest absolute Gasteiger partial charge is 0.187 e. The minimum atomic E-state index is -1.06. The Morgan fingerprint density at radius 3 is 2.66 bits per heavy atom. The van der Waals surface area contributed by atoms with E-state index in [-0.39, 0.29) is 48.6 Å². The molecule has 10 atom stereocenters. The molecule has 9 aliphatic rings. The Labute approximate surface area is 375 Å². The zero-order chi connectivity index (χ0) is 43.7. The number of aromatic hydroxyl groups is 1. The quantitative estimate of drug-likeness (QED) is 0.128. The fourth-order valence-corrected chi connectivity index (χ4v) is 12.9. The number of nitrogens with zero attached hydrogens (tertiary/aromatic N) is 2. The normalized spacial score (nSPS) is 32.3. The van der Waals surface area contributed by atoms with Crippen LogP contribution >= 0.6 is 0 Å². The van der Waals surface area contributed by atoms with E-state index in [1.165, 1.54) is 43.7 Å². The summed E-state index contributed by atoms with van der Waals surface area (Å²) in [4.78, 5) is 20.6. The molecule has 2 aromatic carbocycles. The van der Waals surface area contributed by atoms with Crippen LogP contribution in [-0.4, -0.2) is 68.3 Å². The zero-order valence-corrected chi connectivity index (χ0v) is 36.5. The number of phenolic OH excluding ortho intramolecular Hbond substituents is 1. The Balaban J connectivity index is 0.895. The second-order valence-corrected chi connectivity index (χ2v) is 20.1. The molecular formula is C53H60N4O7. The molecule has 1 spiro atoms. The molecule has 0 saturated heterocycles. The van der Waals surface area contributed by atoms with Gasteiger partial charge >= 0.3 is 0 Å². The summed E-state index contributed by atoms with van der Waals surface area (Å²) < 4.78 is 13.3. The van der Waals surface area contributed by atoms with Crippen molar-refractivity contribution in [3.8, 4) is 41.1 Å². The summed E-state index contributed by atoms with van der Waals surface area (Å²) in [5, 5.41) is 49.3. The van der Waals surface area contributed by atoms with Gasteiger partial charge in [-0.05, 0) is 109 Å². The topological polar surface area (TPSA) is 170 Å². The molecular weight excluding hydrogens is 805 g/mol. The van der Waals surface area contributed by atoms with E-state index in [0.717, 1.165) is 78.6 Å². The van der Waals surface area contributed by atoms with Gasteiger partial charge in [-0.25, -0.2) is 0 Å². The molecule has 0 unspecified atom stereocenters. The summed E-state index contributed by atoms with van der Waals surface area (Å²) in [6.07, 6.45) is 20.0. The first-order valence-corrected chi connectivity index (χ1v) is 24.0. The van der Waals surface area contributed by atoms with Crippen molar-refractivity contribution in [3.63, 3.8) is 0 Å². The van der Waals surface area contributed by atoms with Crippen LogP contribution < -0.4 is 20.5 Å². The van der Waals surface area contributed by atoms with Crippen molar-refractivity contribution in [3.05, 3.63) is 87.8 Å². The van der Waals surface area contributed by atoms with Gasteiger partial charge in [-0.3, -0.25) is 15.1 Å². The molecule has 2 fully saturated rings. The highest BCUT2D eigenvalue weighted by atomic mass is 16.5. The molecule has 2 aromatic rings. The number of phenols is 1. The maximum Gasteiger partial charge on any atom is 0.187 e. The lowest BCUT2D eigenvalue weighted by Gasteiger charge is -2.41. The minimum Gasteiger partial charge on any atom is -0.508 e. The molecule has 11 nitrogen and oxygen atoms in total. The SMILES string of the molecule is N[C@H]1NC[C@@H]2CC[C@H]3C4=CN=C5CN(C=C45)[C@H]4Oc5cc(CCC(=O)C[C@H](O)[C@@H]6C=C[C@@H](C7CCCCC7)C[C@H]6O)c(O)cc5OC#CC5(CCCC5)[C@H]4C#C[C@H](O)c4ccc1c2c43. The Morgan fingerprint density at radius 2 is 1.83 bits per heavy atom. The van der Waals surface area contributed by atoms with E-state index in [1.807, 2.05) is 18.3 Å². The standard InChI is InChI=1S/C53H60N4O7/c54-51-38-15-14-37-43(59)17-16-41-52(57-28-40-39(27-55-42(40)29-57)35-12-10-33(26-56-51)49(38)50(35)37)64-48-23-32(44(60)25-47(48)63-21-20-53(41)18-4-5-19-53)8-11-34(58)24-46(62)36-13-9-31(22-45(36)61)30-6-2-1-3-7-30/h9,13-15,23,25,27-28,30-31,33,35-36,41,43,45-46,51-52,56,59-62H,1-8,10-12,18-19,22,24,26,29,54H2/t31-,33+,35+,36-,41+,43+,45-,46+,51+,52+/m1/s1. The van der Waals surface area contributed by atoms with Gasteiger partial charge in [-0.1, -0.05) is 74.2 Å². The van der Waals surface area contributed by atoms with E-state index < -0.39 is 41.8 Å². The number of carbonyl (C=O) groups excluding carboxylic acids is 1. The van der Waals surface area contributed by atoms with Crippen LogP contribution in [0.3, 0.4) is 0 Å². The van der Waals surface area contributed by atoms with Crippen LogP contribution in [0.2, 0.25) is 0 Å². The third kappa shape index (κ3) is 7.38. The molecule has 0 amide bonds. The Kier molecular flexibility index (Phi) is 11.0. The average molecular weight is 865 g/mol. The molecule has 334 valence electrons. The number of ketones is 1. The number of aliphatic hydroxyl groups is 3. The van der Waals surface area contributed by atoms with Crippen LogP contribution in [0.5, 0.6) is 17.2 Å². The van der Waals surface area contributed by atoms with Crippen LogP contribution in [-0.2, 0) is 11.2 Å². The lowest BCUT2D eigenvalue weighted by molar-refractivity contribution is -0.122. The van der Waals surface area contributed by atoms with Gasteiger partial charge in [-0.2, -0.15) is 0 Å². The summed E-state index contributed by atoms with van der Waals surface area (Å²) in [5.41, 5.74) is 14.0. The Morgan fingerprint density at radius 1 is 1.00 bits per heavy atom. The predicted molar refractivity (Wildman–Crippen MR) is 242 cm³/mol. The third-order valence-electron chi connectivity index (χ3n) is 16.4. The molecule has 64 heavy (non-hydrogen) atoms. The van der Waals surface area contributed by atoms with Crippen LogP contribution in [0, 0.1) is 53.0 Å². The van der Waals surface area contributed by atoms with Gasteiger partial charge in [0.25, 0.3) is 0 Å². The minimum absolute atomic E-state index is 0.0189. The highest BCUT2D eigenvalue weighted by molar-refractivity contribution is 6.09. The molecule has 11 rings (SSSR count). The van der Waals surface area contributed by atoms with Gasteiger partial charge < -0.3 is 40.5 Å². The average Bonchev–Trinajstić information content (AvgIpc) is 4.05. The number of ether oxygens (including phenoxy) is 2. The van der Waals surface area contributed by atoms with E-state index in [1.54, 1.807) is 6.07 Å². The second-order valence-electron chi connectivity index (χ2n) is 20.1. The molecule has 0 aromatic heterocycles. The lowest BCUT2D eigenvalue weighted by Crippen LogP contribution is -2.47. The summed E-state index contributed by atoms with van der Waals surface area (Å²) in [5.74, 6) is 11.1. The number of Topliss-reactive ketones (excluding diaryl/α,β-unsaturated/α-hetero) is 1. The number of nitrogens with two attached hydrogens (primary N) is 1. The van der Waals surface area contributed by atoms with Crippen molar-refractivity contribution >= 4 is 11.5 Å². The van der Waals surface area contributed by atoms with Crippen molar-refractivity contribution < 1.29 is 34.7 Å². The molecule has 2 bridgehead atoms. The van der Waals surface area contributed by atoms with Crippen molar-refractivity contribution in [2.24, 2.45) is 39.8 Å². The number of aliphatic hydroxyl groups excluding tert-OH is 3. The fourth-order valence-electron chi connectivity index (χ4n) is 12.9. The highest BCUT2D eigenvalue weighted by Gasteiger charge is 2.50. The lowest BCUT2D eigenvalue weighted by atomic mass is 9.67. The number of fused-ring (bicyclic) bond motifs is 6. The van der Waals surface area contributed by atoms with E-state index in [0.29, 0.717) is 42.0 Å². The summed E-state index contributed by atoms with van der Waals surface area (Å²) in [6.45, 7) is 1.29. The van der Waals surface area contributed by atoms with Gasteiger partial charge in [0.05, 0.1) is 42.0 Å². The van der Waals surface area contributed by atoms with Crippen molar-refractivity contribution in [2.45, 2.75) is 139 Å². The van der Waals surface area contributed by atoms with Crippen LogP contribution in [0.1, 0.15) is 142 Å². The first-order chi connectivity index (χ1) is 31.1. The Hall–Kier alpha value is -4.88. The molecule has 5 heterocycles. The van der Waals surface area contributed by atoms with E-state index >= 15 is 0 Å². The largest absolute Gasteiger partial charge is 0.508 e. The number of aryl methyl sites for hydroxylation is 1. The van der Waals surface area contributed by atoms with Gasteiger partial charge in [0.15, 0.2) is 17.7 Å². The molecule has 0 radical (unpaired) electrons. The predicted octanol–water partition coefficient (Wildman–Crippen LogP) is 6.82. The number of carbonyl (C=O) groups is 1. The number of rotatable bonds is 7. The molecule has 11 heteroatoms. The van der Waals surface area contributed by atoms with Crippen molar-refractivity contribution in [1.29, 1.82) is 0 Å². The fraction of sp³-hybridized carbons (Fsp3) is 0.547. The Bertz CT molecular complexity index is 2470. The monoisotopic (exact) mass is 864 g/mol. The van der Waals surface area contributed by atoms with Gasteiger partial charge in [0, 0.05) is 55.3 Å². The van der Waals surface area contributed by atoms with Crippen LogP contribution in [0.25, 0.3) is 0 Å². The summed E-state index contributed by atoms with van der Waals surface area (Å²) in [6, 6.07) is 7.33. The summed E-state index contributed by atoms with van der Waals surface area (Å²) >= 11 is 0. The van der Waals surface area contributed by atoms with E-state index in [2.05, 4.69) is 52.4 Å². The number of allylic oxidation sites excluding steroid dienone is 2. The maximum absolute atomic E-state index is 13.4. The number of nitrogens with one attached hydrogen (secondary N) is 1. The van der Waals surface area contributed by atoms with Crippen LogP contribution in [0.15, 0.2) is 65.0 Å². The van der Waals surface area contributed by atoms with Gasteiger partial charge in [0.2, 0.25) is 0 Å². The maximum atomic E-state index is 13.4. The number of hydrogen-bond donors (Lipinski definition) is 6. The van der Waals surface area contributed by atoms with E-state index in [9.17, 15) is 25.2 Å². The van der Waals surface area contributed by atoms with Crippen molar-refractivity contribution in [2.75, 3.05) is 13.1 Å². The second kappa shape index (κ2) is 16.8. The van der Waals surface area contributed by atoms with Gasteiger partial charge in [-0.15, -0.1) is 0 Å². The number of benzene rings is 2.